The molecule has 4 saturated heterocycles. The van der Waals surface area contributed by atoms with Crippen molar-refractivity contribution >= 4 is 57.4 Å². The number of fused-ring (bicyclic) bond motifs is 2. The standard InChI is InChI=1S/C42H47N13O4/c56-25-30-6-7-33(37(26-57)44-30)45-42(59)34-8-9-39(48-47-34)53-19-10-28(11-20-53)23-51-17-12-31(13-18-51)55-24-29-21-36(38(22-35(29)50-55)52-14-2-1-3-15-52)46-41(58)32-5-4-16-54-27-43-49-40(32)54/h4-5,8-9,16,21-22,24,27-28,31,33,44H,1-3,6-7,10-15,17-20,23H2,(H,45,59)(H,46,58)/t33-/m0/s1. The topological polar surface area (TPSA) is 188 Å². The minimum atomic E-state index is -0.586. The summed E-state index contributed by atoms with van der Waals surface area (Å²) in [5, 5.41) is 31.5. The molecule has 1 aromatic carbocycles. The minimum Gasteiger partial charge on any atom is -0.370 e. The Morgan fingerprint density at radius 2 is 1.68 bits per heavy atom. The van der Waals surface area contributed by atoms with Gasteiger partial charge in [0.2, 0.25) is 0 Å². The van der Waals surface area contributed by atoms with Gasteiger partial charge in [0.1, 0.15) is 29.6 Å². The average molecular weight is 798 g/mol. The van der Waals surface area contributed by atoms with Crippen molar-refractivity contribution in [3.63, 3.8) is 0 Å². The number of pyridine rings is 1. The predicted molar refractivity (Wildman–Crippen MR) is 220 cm³/mol. The summed E-state index contributed by atoms with van der Waals surface area (Å²) in [7, 11) is 0. The zero-order valence-electron chi connectivity index (χ0n) is 32.8. The zero-order chi connectivity index (χ0) is 40.3. The van der Waals surface area contributed by atoms with Gasteiger partial charge < -0.3 is 30.7 Å². The van der Waals surface area contributed by atoms with Crippen LogP contribution in [0.2, 0.25) is 0 Å². The first kappa shape index (κ1) is 38.1. The largest absolute Gasteiger partial charge is 0.370 e. The molecule has 0 aliphatic carbocycles. The smallest absolute Gasteiger partial charge is 0.272 e. The number of piperidine rings is 4. The number of amides is 2. The second-order valence-corrected chi connectivity index (χ2v) is 16.0. The normalized spacial score (nSPS) is 19.7. The number of benzene rings is 1. The van der Waals surface area contributed by atoms with E-state index in [9.17, 15) is 19.2 Å². The highest BCUT2D eigenvalue weighted by Gasteiger charge is 2.29. The highest BCUT2D eigenvalue weighted by atomic mass is 16.2. The number of carbonyl (C=O) groups is 2. The van der Waals surface area contributed by atoms with Crippen molar-refractivity contribution < 1.29 is 19.2 Å². The number of hydrogen-bond acceptors (Lipinski definition) is 13. The summed E-state index contributed by atoms with van der Waals surface area (Å²) in [5.74, 6) is 4.20. The van der Waals surface area contributed by atoms with Gasteiger partial charge in [-0.25, -0.2) is 9.59 Å². The van der Waals surface area contributed by atoms with E-state index in [0.717, 1.165) is 112 Å². The van der Waals surface area contributed by atoms with Crippen LogP contribution in [0.4, 0.5) is 17.2 Å². The lowest BCUT2D eigenvalue weighted by Crippen LogP contribution is -2.44. The lowest BCUT2D eigenvalue weighted by atomic mass is 9.94. The summed E-state index contributed by atoms with van der Waals surface area (Å²) >= 11 is 0. The van der Waals surface area contributed by atoms with Crippen LogP contribution in [-0.2, 0) is 9.59 Å². The van der Waals surface area contributed by atoms with Gasteiger partial charge in [-0.15, -0.1) is 20.4 Å². The van der Waals surface area contributed by atoms with Crippen molar-refractivity contribution in [1.29, 1.82) is 0 Å². The van der Waals surface area contributed by atoms with Crippen molar-refractivity contribution in [1.82, 2.24) is 50.1 Å². The van der Waals surface area contributed by atoms with E-state index in [1.807, 2.05) is 18.3 Å². The summed E-state index contributed by atoms with van der Waals surface area (Å²) < 4.78 is 3.90. The number of hydrogen-bond donors (Lipinski definition) is 3. The molecular formula is C42H47N13O4. The maximum Gasteiger partial charge on any atom is 0.272 e. The Balaban J connectivity index is 0.782. The molecule has 5 aromatic rings. The molecule has 4 aliphatic rings. The molecule has 17 heteroatoms. The van der Waals surface area contributed by atoms with Gasteiger partial charge in [0.05, 0.1) is 34.5 Å². The van der Waals surface area contributed by atoms with Crippen LogP contribution in [-0.4, -0.2) is 115 Å². The fourth-order valence-corrected chi connectivity index (χ4v) is 8.97. The van der Waals surface area contributed by atoms with Crippen molar-refractivity contribution in [2.75, 3.05) is 60.9 Å². The SMILES string of the molecule is O=C=C1CC[C@H](NC(=O)c2ccc(N3CCC(CN4CCC(n5cc6cc(NC(=O)c7cccn8cnnc78)c(N7CCCCC7)cc6n5)CC4)CC3)nn2)C(=C=O)N1. The van der Waals surface area contributed by atoms with Crippen LogP contribution >= 0.6 is 0 Å². The molecule has 3 N–H and O–H groups in total. The summed E-state index contributed by atoms with van der Waals surface area (Å²) in [5.41, 5.74) is 4.26. The van der Waals surface area contributed by atoms with Crippen molar-refractivity contribution in [3.05, 3.63) is 77.8 Å². The molecule has 4 aliphatic heterocycles. The van der Waals surface area contributed by atoms with Gasteiger partial charge in [0.25, 0.3) is 11.8 Å². The monoisotopic (exact) mass is 797 g/mol. The van der Waals surface area contributed by atoms with Gasteiger partial charge in [0, 0.05) is 70.0 Å². The molecule has 1 atom stereocenters. The van der Waals surface area contributed by atoms with E-state index in [0.29, 0.717) is 36.0 Å². The zero-order valence-corrected chi connectivity index (χ0v) is 32.8. The molecule has 2 amide bonds. The summed E-state index contributed by atoms with van der Waals surface area (Å²) in [6, 6.07) is 11.0. The van der Waals surface area contributed by atoms with Crippen LogP contribution in [0.15, 0.2) is 66.5 Å². The molecule has 17 nitrogen and oxygen atoms in total. The first-order valence-electron chi connectivity index (χ1n) is 20.7. The van der Waals surface area contributed by atoms with Crippen LogP contribution in [0.3, 0.4) is 0 Å². The Hall–Kier alpha value is -6.41. The van der Waals surface area contributed by atoms with Crippen molar-refractivity contribution in [2.24, 2.45) is 5.92 Å². The molecule has 0 bridgehead atoms. The maximum absolute atomic E-state index is 13.6. The number of rotatable bonds is 9. The average Bonchev–Trinajstić information content (AvgIpc) is 3.94. The molecule has 0 spiro atoms. The van der Waals surface area contributed by atoms with E-state index in [4.69, 9.17) is 5.10 Å². The summed E-state index contributed by atoms with van der Waals surface area (Å²) in [6.45, 7) is 6.72. The molecule has 59 heavy (non-hydrogen) atoms. The molecule has 0 unspecified atom stereocenters. The molecule has 0 radical (unpaired) electrons. The Kier molecular flexibility index (Phi) is 10.9. The van der Waals surface area contributed by atoms with Crippen LogP contribution in [0.25, 0.3) is 16.6 Å². The molecular weight excluding hydrogens is 751 g/mol. The van der Waals surface area contributed by atoms with Gasteiger partial charge in [-0.3, -0.25) is 18.7 Å². The quantitative estimate of drug-likeness (QED) is 0.184. The van der Waals surface area contributed by atoms with E-state index in [-0.39, 0.29) is 23.0 Å². The lowest BCUT2D eigenvalue weighted by Gasteiger charge is -2.38. The third kappa shape index (κ3) is 8.17. The van der Waals surface area contributed by atoms with E-state index < -0.39 is 11.9 Å². The molecule has 8 heterocycles. The number of allylic oxidation sites excluding steroid dienone is 1. The van der Waals surface area contributed by atoms with Crippen LogP contribution in [0, 0.1) is 5.92 Å². The highest BCUT2D eigenvalue weighted by molar-refractivity contribution is 6.10. The number of nitrogens with zero attached hydrogens (tertiary/aromatic N) is 10. The fraction of sp³-hybridized carbons (Fsp3) is 0.452. The molecule has 9 rings (SSSR count). The third-order valence-electron chi connectivity index (χ3n) is 12.3. The minimum absolute atomic E-state index is 0.103. The number of aromatic nitrogens is 7. The van der Waals surface area contributed by atoms with Gasteiger partial charge in [0.15, 0.2) is 17.2 Å². The van der Waals surface area contributed by atoms with Gasteiger partial charge in [-0.1, -0.05) is 0 Å². The van der Waals surface area contributed by atoms with Crippen LogP contribution in [0.1, 0.15) is 84.7 Å². The maximum atomic E-state index is 13.6. The summed E-state index contributed by atoms with van der Waals surface area (Å²) in [6.07, 6.45) is 13.9. The Labute approximate surface area is 340 Å². The van der Waals surface area contributed by atoms with Crippen molar-refractivity contribution in [3.8, 4) is 0 Å². The van der Waals surface area contributed by atoms with Gasteiger partial charge in [-0.2, -0.15) is 5.10 Å². The van der Waals surface area contributed by atoms with Crippen molar-refractivity contribution in [2.45, 2.75) is 69.9 Å². The Morgan fingerprint density at radius 1 is 0.847 bits per heavy atom. The molecule has 304 valence electrons. The molecule has 0 saturated carbocycles. The number of carbonyl (C=O) groups excluding carboxylic acids is 4. The first-order valence-corrected chi connectivity index (χ1v) is 20.7. The third-order valence-corrected chi connectivity index (χ3v) is 12.3. The van der Waals surface area contributed by atoms with E-state index >= 15 is 0 Å². The lowest BCUT2D eigenvalue weighted by molar-refractivity contribution is 0.0932. The van der Waals surface area contributed by atoms with Crippen LogP contribution < -0.4 is 25.8 Å². The summed E-state index contributed by atoms with van der Waals surface area (Å²) in [4.78, 5) is 56.0. The Morgan fingerprint density at radius 3 is 2.44 bits per heavy atom. The van der Waals surface area contributed by atoms with E-state index in [1.54, 1.807) is 34.7 Å². The number of nitrogens with one attached hydrogen (secondary N) is 3. The Bertz CT molecular complexity index is 2440. The number of anilines is 3. The molecule has 4 aromatic heterocycles. The predicted octanol–water partition coefficient (Wildman–Crippen LogP) is 3.58. The van der Waals surface area contributed by atoms with Gasteiger partial charge >= 0.3 is 0 Å². The van der Waals surface area contributed by atoms with E-state index in [1.165, 1.54) is 6.42 Å². The molecule has 4 fully saturated rings. The second-order valence-electron chi connectivity index (χ2n) is 16.0. The van der Waals surface area contributed by atoms with Crippen LogP contribution in [0.5, 0.6) is 0 Å². The van der Waals surface area contributed by atoms with Gasteiger partial charge in [-0.05, 0) is 93.7 Å². The fourth-order valence-electron chi connectivity index (χ4n) is 8.97. The highest BCUT2D eigenvalue weighted by Crippen LogP contribution is 2.35. The second kappa shape index (κ2) is 16.8. The number of likely N-dealkylation sites (tertiary alicyclic amines) is 1. The first-order chi connectivity index (χ1) is 28.9. The van der Waals surface area contributed by atoms with E-state index in [2.05, 4.69) is 74.1 Å².